The number of aryl methyl sites for hydroxylation is 1. The second kappa shape index (κ2) is 14.8. The molecule has 1 aromatic rings. The number of aromatic nitrogens is 1. The van der Waals surface area contributed by atoms with E-state index in [4.69, 9.17) is 0 Å². The monoisotopic (exact) mass is 405 g/mol. The minimum Gasteiger partial charge on any atom is -0.245 e. The minimum atomic E-state index is -4.53. The highest BCUT2D eigenvalue weighted by Gasteiger charge is 2.34. The first-order valence-electron chi connectivity index (χ1n) is 11.0. The van der Waals surface area contributed by atoms with Gasteiger partial charge in [0.1, 0.15) is 11.5 Å². The van der Waals surface area contributed by atoms with E-state index < -0.39 is 17.7 Å². The lowest BCUT2D eigenvalue weighted by Crippen LogP contribution is -2.14. The van der Waals surface area contributed by atoms with E-state index in [1.807, 2.05) is 13.8 Å². The lowest BCUT2D eigenvalue weighted by atomic mass is 9.92. The van der Waals surface area contributed by atoms with Crippen molar-refractivity contribution in [3.63, 3.8) is 0 Å². The molecule has 1 aromatic heterocycles. The average Bonchev–Trinajstić information content (AvgIpc) is 2.64. The molecule has 1 rings (SSSR count). The zero-order valence-corrected chi connectivity index (χ0v) is 18.4. The zero-order chi connectivity index (χ0) is 21.6. The van der Waals surface area contributed by atoms with Crippen molar-refractivity contribution in [2.24, 2.45) is 0 Å². The van der Waals surface area contributed by atoms with Gasteiger partial charge in [-0.15, -0.1) is 0 Å². The number of nitrogens with zero attached hydrogens (tertiary/aromatic N) is 1. The Balaban J connectivity index is 0.000000769. The average molecular weight is 406 g/mol. The molecule has 1 heterocycles. The lowest BCUT2D eigenvalue weighted by Gasteiger charge is -2.19. The molecule has 0 spiro atoms. The first-order valence-corrected chi connectivity index (χ1v) is 11.0. The molecule has 1 atom stereocenters. The van der Waals surface area contributed by atoms with E-state index >= 15 is 0 Å². The number of alkyl halides is 3. The first-order chi connectivity index (χ1) is 13.2. The van der Waals surface area contributed by atoms with Crippen LogP contribution in [0.2, 0.25) is 0 Å². The first kappa shape index (κ1) is 26.9. The largest absolute Gasteiger partial charge is 0.433 e. The van der Waals surface area contributed by atoms with E-state index in [2.05, 4.69) is 18.8 Å². The summed E-state index contributed by atoms with van der Waals surface area (Å²) in [5.41, 5.74) is -1.00. The molecule has 0 aliphatic heterocycles. The lowest BCUT2D eigenvalue weighted by molar-refractivity contribution is -0.141. The molecule has 5 heteroatoms. The van der Waals surface area contributed by atoms with Crippen LogP contribution in [-0.4, -0.2) is 4.98 Å². The molecule has 164 valence electrons. The van der Waals surface area contributed by atoms with Gasteiger partial charge in [0.05, 0.1) is 5.69 Å². The number of rotatable bonds is 11. The van der Waals surface area contributed by atoms with Crippen LogP contribution >= 0.6 is 0 Å². The summed E-state index contributed by atoms with van der Waals surface area (Å²) in [5, 5.41) is 0. The Labute approximate surface area is 169 Å². The fourth-order valence-corrected chi connectivity index (χ4v) is 3.17. The molecule has 0 aromatic carbocycles. The SMILES string of the molecule is CCCCC(CCC)c1nc(C(F)(F)F)cc(C)c1F.CCCCCCCC. The Kier molecular flexibility index (Phi) is 14.2. The Bertz CT molecular complexity index is 520. The van der Waals surface area contributed by atoms with Crippen LogP contribution in [0, 0.1) is 12.7 Å². The standard InChI is InChI=1S/C15H21F4N.C8H18/c1-4-6-8-11(7-5-2)14-13(16)10(3)9-12(20-14)15(17,18)19;1-3-5-7-8-6-4-2/h9,11H,4-8H2,1-3H3;3-8H2,1-2H3. The van der Waals surface area contributed by atoms with Crippen LogP contribution in [0.25, 0.3) is 0 Å². The number of halogens is 4. The fourth-order valence-electron chi connectivity index (χ4n) is 3.17. The van der Waals surface area contributed by atoms with Gasteiger partial charge in [-0.2, -0.15) is 13.2 Å². The normalized spacial score (nSPS) is 12.5. The van der Waals surface area contributed by atoms with Crippen molar-refractivity contribution < 1.29 is 17.6 Å². The molecule has 0 radical (unpaired) electrons. The van der Waals surface area contributed by atoms with Gasteiger partial charge in [0.2, 0.25) is 0 Å². The molecular formula is C23H39F4N. The summed E-state index contributed by atoms with van der Waals surface area (Å²) in [6.45, 7) is 9.82. The molecule has 0 aliphatic rings. The molecule has 0 amide bonds. The molecular weight excluding hydrogens is 366 g/mol. The van der Waals surface area contributed by atoms with E-state index in [0.717, 1.165) is 25.3 Å². The predicted octanol–water partition coefficient (Wildman–Crippen LogP) is 8.99. The van der Waals surface area contributed by atoms with Crippen LogP contribution < -0.4 is 0 Å². The van der Waals surface area contributed by atoms with Gasteiger partial charge < -0.3 is 0 Å². The Morgan fingerprint density at radius 1 is 0.821 bits per heavy atom. The summed E-state index contributed by atoms with van der Waals surface area (Å²) >= 11 is 0. The van der Waals surface area contributed by atoms with Crippen LogP contribution in [0.4, 0.5) is 17.6 Å². The zero-order valence-electron chi connectivity index (χ0n) is 18.4. The highest BCUT2D eigenvalue weighted by Crippen LogP contribution is 2.34. The van der Waals surface area contributed by atoms with Crippen molar-refractivity contribution in [3.8, 4) is 0 Å². The minimum absolute atomic E-state index is 0.0138. The molecule has 0 bridgehead atoms. The third kappa shape index (κ3) is 10.4. The summed E-state index contributed by atoms with van der Waals surface area (Å²) in [7, 11) is 0. The number of hydrogen-bond acceptors (Lipinski definition) is 1. The van der Waals surface area contributed by atoms with Crippen LogP contribution in [0.3, 0.4) is 0 Å². The van der Waals surface area contributed by atoms with Crippen LogP contribution in [0.5, 0.6) is 0 Å². The van der Waals surface area contributed by atoms with E-state index in [-0.39, 0.29) is 17.2 Å². The second-order valence-corrected chi connectivity index (χ2v) is 7.56. The predicted molar refractivity (Wildman–Crippen MR) is 110 cm³/mol. The van der Waals surface area contributed by atoms with Gasteiger partial charge in [0.15, 0.2) is 0 Å². The summed E-state index contributed by atoms with van der Waals surface area (Å²) in [4.78, 5) is 3.58. The fraction of sp³-hybridized carbons (Fsp3) is 0.783. The summed E-state index contributed by atoms with van der Waals surface area (Å²) in [6.07, 6.45) is 7.88. The van der Waals surface area contributed by atoms with E-state index in [0.29, 0.717) is 12.8 Å². The van der Waals surface area contributed by atoms with E-state index in [1.165, 1.54) is 45.4 Å². The van der Waals surface area contributed by atoms with E-state index in [1.54, 1.807) is 0 Å². The molecule has 0 aliphatic carbocycles. The highest BCUT2D eigenvalue weighted by molar-refractivity contribution is 5.26. The van der Waals surface area contributed by atoms with Gasteiger partial charge >= 0.3 is 6.18 Å². The maximum absolute atomic E-state index is 14.1. The number of unbranched alkanes of at least 4 members (excludes halogenated alkanes) is 6. The molecule has 0 fully saturated rings. The Morgan fingerprint density at radius 2 is 1.36 bits per heavy atom. The van der Waals surface area contributed by atoms with Gasteiger partial charge in [-0.1, -0.05) is 85.5 Å². The smallest absolute Gasteiger partial charge is 0.245 e. The quantitative estimate of drug-likeness (QED) is 0.264. The Morgan fingerprint density at radius 3 is 1.79 bits per heavy atom. The summed E-state index contributed by atoms with van der Waals surface area (Å²) in [6, 6.07) is 0.779. The number of pyridine rings is 1. The molecule has 1 nitrogen and oxygen atoms in total. The van der Waals surface area contributed by atoms with Crippen molar-refractivity contribution in [1.82, 2.24) is 4.98 Å². The Hall–Kier alpha value is -1.13. The van der Waals surface area contributed by atoms with Gasteiger partial charge in [-0.05, 0) is 31.4 Å². The molecule has 0 saturated carbocycles. The van der Waals surface area contributed by atoms with Crippen LogP contribution in [0.15, 0.2) is 6.07 Å². The van der Waals surface area contributed by atoms with Crippen molar-refractivity contribution in [2.45, 2.75) is 117 Å². The van der Waals surface area contributed by atoms with Gasteiger partial charge in [0, 0.05) is 5.92 Å². The van der Waals surface area contributed by atoms with Crippen molar-refractivity contribution in [3.05, 3.63) is 28.8 Å². The molecule has 28 heavy (non-hydrogen) atoms. The second-order valence-electron chi connectivity index (χ2n) is 7.56. The molecule has 0 saturated heterocycles. The molecule has 1 unspecified atom stereocenters. The third-order valence-corrected chi connectivity index (χ3v) is 4.84. The van der Waals surface area contributed by atoms with Gasteiger partial charge in [-0.25, -0.2) is 9.37 Å². The number of hydrogen-bond donors (Lipinski definition) is 0. The summed E-state index contributed by atoms with van der Waals surface area (Å²) < 4.78 is 52.5. The topological polar surface area (TPSA) is 12.9 Å². The van der Waals surface area contributed by atoms with Crippen molar-refractivity contribution in [1.29, 1.82) is 0 Å². The van der Waals surface area contributed by atoms with Crippen molar-refractivity contribution in [2.75, 3.05) is 0 Å². The van der Waals surface area contributed by atoms with Crippen molar-refractivity contribution >= 4 is 0 Å². The maximum atomic E-state index is 14.1. The van der Waals surface area contributed by atoms with Crippen LogP contribution in [0.1, 0.15) is 121 Å². The third-order valence-electron chi connectivity index (χ3n) is 4.84. The van der Waals surface area contributed by atoms with Crippen LogP contribution in [-0.2, 0) is 6.18 Å². The van der Waals surface area contributed by atoms with E-state index in [9.17, 15) is 17.6 Å². The molecule has 0 N–H and O–H groups in total. The highest BCUT2D eigenvalue weighted by atomic mass is 19.4. The van der Waals surface area contributed by atoms with Gasteiger partial charge in [-0.3, -0.25) is 0 Å². The summed E-state index contributed by atoms with van der Waals surface area (Å²) in [5.74, 6) is -0.825. The maximum Gasteiger partial charge on any atom is 0.433 e. The van der Waals surface area contributed by atoms with Gasteiger partial charge in [0.25, 0.3) is 0 Å².